The lowest BCUT2D eigenvalue weighted by Crippen LogP contribution is -2.28. The van der Waals surface area contributed by atoms with E-state index in [1.807, 2.05) is 25.5 Å². The van der Waals surface area contributed by atoms with Gasteiger partial charge in [0.1, 0.15) is 11.9 Å². The van der Waals surface area contributed by atoms with Gasteiger partial charge in [-0.2, -0.15) is 10.4 Å². The zero-order valence-corrected chi connectivity index (χ0v) is 13.6. The van der Waals surface area contributed by atoms with Crippen molar-refractivity contribution in [2.45, 2.75) is 18.9 Å². The highest BCUT2D eigenvalue weighted by Gasteiger charge is 2.28. The maximum absolute atomic E-state index is 8.86. The van der Waals surface area contributed by atoms with Crippen LogP contribution in [0, 0.1) is 17.2 Å². The van der Waals surface area contributed by atoms with Gasteiger partial charge in [-0.25, -0.2) is 4.98 Å². The van der Waals surface area contributed by atoms with Gasteiger partial charge in [-0.1, -0.05) is 11.6 Å². The number of pyridine rings is 1. The minimum absolute atomic E-state index is 0.0297. The first-order valence-corrected chi connectivity index (χ1v) is 7.95. The summed E-state index contributed by atoms with van der Waals surface area (Å²) in [7, 11) is 1.90. The van der Waals surface area contributed by atoms with Crippen molar-refractivity contribution in [1.29, 1.82) is 5.26 Å². The number of aryl methyl sites for hydroxylation is 1. The highest BCUT2D eigenvalue weighted by molar-refractivity contribution is 6.33. The Balaban J connectivity index is 1.69. The van der Waals surface area contributed by atoms with Crippen molar-refractivity contribution in [3.05, 3.63) is 40.8 Å². The van der Waals surface area contributed by atoms with Crippen molar-refractivity contribution >= 4 is 17.4 Å². The fraction of sp³-hybridized carbons (Fsp3) is 0.438. The Labute approximate surface area is 140 Å². The van der Waals surface area contributed by atoms with Gasteiger partial charge >= 0.3 is 0 Å². The highest BCUT2D eigenvalue weighted by Crippen LogP contribution is 2.34. The van der Waals surface area contributed by atoms with Crippen molar-refractivity contribution in [3.8, 4) is 6.07 Å². The molecule has 0 unspecified atom stereocenters. The molecule has 120 valence electrons. The summed E-state index contributed by atoms with van der Waals surface area (Å²) in [6, 6.07) is 3.65. The standard InChI is InChI=1S/C16H18ClN5O/c1-22-10-13(9-21-22)15-12(3-2-4-23-15)8-20-16-14(17)5-11(6-18)7-19-16/h5,7,9-10,12,15H,2-4,8H2,1H3,(H,19,20)/t12-,15+/m0/s1. The van der Waals surface area contributed by atoms with E-state index in [2.05, 4.69) is 15.4 Å². The monoisotopic (exact) mass is 331 g/mol. The van der Waals surface area contributed by atoms with E-state index in [1.54, 1.807) is 10.7 Å². The molecule has 23 heavy (non-hydrogen) atoms. The normalized spacial score (nSPS) is 20.9. The van der Waals surface area contributed by atoms with Crippen LogP contribution < -0.4 is 5.32 Å². The molecular weight excluding hydrogens is 314 g/mol. The van der Waals surface area contributed by atoms with Gasteiger partial charge < -0.3 is 10.1 Å². The number of rotatable bonds is 4. The summed E-state index contributed by atoms with van der Waals surface area (Å²) < 4.78 is 7.74. The van der Waals surface area contributed by atoms with E-state index in [-0.39, 0.29) is 6.10 Å². The number of nitrogens with zero attached hydrogens (tertiary/aromatic N) is 4. The Morgan fingerprint density at radius 1 is 1.52 bits per heavy atom. The summed E-state index contributed by atoms with van der Waals surface area (Å²) >= 11 is 6.16. The Hall–Kier alpha value is -2.10. The fourth-order valence-corrected chi connectivity index (χ4v) is 3.10. The topological polar surface area (TPSA) is 75.8 Å². The first-order chi connectivity index (χ1) is 11.2. The van der Waals surface area contributed by atoms with Crippen LogP contribution in [0.15, 0.2) is 24.7 Å². The van der Waals surface area contributed by atoms with Crippen LogP contribution in [0.1, 0.15) is 30.1 Å². The smallest absolute Gasteiger partial charge is 0.144 e. The summed E-state index contributed by atoms with van der Waals surface area (Å²) in [6.45, 7) is 1.48. The van der Waals surface area contributed by atoms with Crippen molar-refractivity contribution in [1.82, 2.24) is 14.8 Å². The first-order valence-electron chi connectivity index (χ1n) is 7.57. The van der Waals surface area contributed by atoms with Crippen molar-refractivity contribution in [2.75, 3.05) is 18.5 Å². The largest absolute Gasteiger partial charge is 0.373 e. The Bertz CT molecular complexity index is 724. The minimum Gasteiger partial charge on any atom is -0.373 e. The van der Waals surface area contributed by atoms with Crippen molar-refractivity contribution in [2.24, 2.45) is 13.0 Å². The van der Waals surface area contributed by atoms with E-state index in [0.717, 1.165) is 25.0 Å². The predicted molar refractivity (Wildman–Crippen MR) is 87.1 cm³/mol. The van der Waals surface area contributed by atoms with Crippen LogP contribution in [0.25, 0.3) is 0 Å². The van der Waals surface area contributed by atoms with Gasteiger partial charge in [-0.3, -0.25) is 4.68 Å². The molecule has 1 saturated heterocycles. The number of hydrogen-bond donors (Lipinski definition) is 1. The van der Waals surface area contributed by atoms with Crippen LogP contribution in [0.3, 0.4) is 0 Å². The number of anilines is 1. The van der Waals surface area contributed by atoms with Crippen LogP contribution in [-0.4, -0.2) is 27.9 Å². The van der Waals surface area contributed by atoms with Crippen LogP contribution >= 0.6 is 11.6 Å². The maximum Gasteiger partial charge on any atom is 0.144 e. The maximum atomic E-state index is 8.86. The average molecular weight is 332 g/mol. The van der Waals surface area contributed by atoms with Gasteiger partial charge in [-0.15, -0.1) is 0 Å². The van der Waals surface area contributed by atoms with Crippen LogP contribution in [0.4, 0.5) is 5.82 Å². The molecule has 0 aliphatic carbocycles. The first kappa shape index (κ1) is 15.8. The lowest BCUT2D eigenvalue weighted by atomic mass is 9.91. The van der Waals surface area contributed by atoms with Crippen LogP contribution in [-0.2, 0) is 11.8 Å². The van der Waals surface area contributed by atoms with E-state index in [1.165, 1.54) is 6.20 Å². The molecule has 0 spiro atoms. The highest BCUT2D eigenvalue weighted by atomic mass is 35.5. The molecule has 2 atom stereocenters. The number of halogens is 1. The predicted octanol–water partition coefficient (Wildman–Crippen LogP) is 2.92. The second-order valence-corrected chi connectivity index (χ2v) is 6.10. The molecule has 3 rings (SSSR count). The molecular formula is C16H18ClN5O. The SMILES string of the molecule is Cn1cc([C@@H]2OCCC[C@H]2CNc2ncc(C#N)cc2Cl)cn1. The lowest BCUT2D eigenvalue weighted by Gasteiger charge is -2.31. The second kappa shape index (κ2) is 6.99. The number of hydrogen-bond acceptors (Lipinski definition) is 5. The van der Waals surface area contributed by atoms with Gasteiger partial charge in [0, 0.05) is 44.1 Å². The zero-order valence-electron chi connectivity index (χ0n) is 12.9. The van der Waals surface area contributed by atoms with Gasteiger partial charge in [0.05, 0.1) is 22.9 Å². The average Bonchev–Trinajstić information content (AvgIpc) is 3.00. The molecule has 0 amide bonds. The van der Waals surface area contributed by atoms with Crippen LogP contribution in [0.2, 0.25) is 5.02 Å². The molecule has 7 heteroatoms. The van der Waals surface area contributed by atoms with E-state index < -0.39 is 0 Å². The van der Waals surface area contributed by atoms with Gasteiger partial charge in [0.15, 0.2) is 0 Å². The summed E-state index contributed by atoms with van der Waals surface area (Å²) in [5.74, 6) is 0.919. The van der Waals surface area contributed by atoms with Crippen molar-refractivity contribution in [3.63, 3.8) is 0 Å². The summed E-state index contributed by atoms with van der Waals surface area (Å²) in [4.78, 5) is 4.21. The van der Waals surface area contributed by atoms with Gasteiger partial charge in [0.25, 0.3) is 0 Å². The lowest BCUT2D eigenvalue weighted by molar-refractivity contribution is -0.0239. The van der Waals surface area contributed by atoms with E-state index >= 15 is 0 Å². The van der Waals surface area contributed by atoms with E-state index in [4.69, 9.17) is 21.6 Å². The van der Waals surface area contributed by atoms with E-state index in [9.17, 15) is 0 Å². The Morgan fingerprint density at radius 3 is 3.09 bits per heavy atom. The van der Waals surface area contributed by atoms with Crippen LogP contribution in [0.5, 0.6) is 0 Å². The van der Waals surface area contributed by atoms with E-state index in [0.29, 0.717) is 28.9 Å². The molecule has 0 saturated carbocycles. The molecule has 2 aromatic rings. The third-order valence-corrected chi connectivity index (χ3v) is 4.29. The molecule has 6 nitrogen and oxygen atoms in total. The Morgan fingerprint density at radius 2 is 2.39 bits per heavy atom. The molecule has 1 aliphatic heterocycles. The zero-order chi connectivity index (χ0) is 16.2. The summed E-state index contributed by atoms with van der Waals surface area (Å²) in [5, 5.41) is 16.8. The third-order valence-electron chi connectivity index (χ3n) is 4.00. The van der Waals surface area contributed by atoms with Crippen molar-refractivity contribution < 1.29 is 4.74 Å². The summed E-state index contributed by atoms with van der Waals surface area (Å²) in [5.41, 5.74) is 1.55. The molecule has 0 aromatic carbocycles. The molecule has 1 fully saturated rings. The molecule has 1 N–H and O–H groups in total. The third kappa shape index (κ3) is 3.63. The minimum atomic E-state index is 0.0297. The number of aromatic nitrogens is 3. The quantitative estimate of drug-likeness (QED) is 0.932. The fourth-order valence-electron chi connectivity index (χ4n) is 2.86. The van der Waals surface area contributed by atoms with Gasteiger partial charge in [0.2, 0.25) is 0 Å². The summed E-state index contributed by atoms with van der Waals surface area (Å²) in [6.07, 6.45) is 7.51. The molecule has 1 aliphatic rings. The number of nitriles is 1. The molecule has 3 heterocycles. The molecule has 0 radical (unpaired) electrons. The number of ether oxygens (including phenoxy) is 1. The van der Waals surface area contributed by atoms with Gasteiger partial charge in [-0.05, 0) is 18.9 Å². The Kier molecular flexibility index (Phi) is 4.79. The molecule has 0 bridgehead atoms. The second-order valence-electron chi connectivity index (χ2n) is 5.69. The number of nitrogens with one attached hydrogen (secondary N) is 1. The molecule has 2 aromatic heterocycles.